The Labute approximate surface area is 163 Å². The summed E-state index contributed by atoms with van der Waals surface area (Å²) < 4.78 is 5.12. The number of methoxy groups -OCH3 is 1. The maximum atomic E-state index is 12.5. The molecule has 0 saturated carbocycles. The average molecular weight is 382 g/mol. The van der Waals surface area contributed by atoms with Gasteiger partial charge in [0.05, 0.1) is 12.1 Å². The highest BCUT2D eigenvalue weighted by atomic mass is 35.5. The van der Waals surface area contributed by atoms with Gasteiger partial charge in [-0.05, 0) is 48.4 Å². The molecule has 2 N–H and O–H groups in total. The van der Waals surface area contributed by atoms with Crippen LogP contribution in [0, 0.1) is 6.92 Å². The van der Waals surface area contributed by atoms with E-state index >= 15 is 0 Å². The van der Waals surface area contributed by atoms with Crippen molar-refractivity contribution in [3.63, 3.8) is 0 Å². The maximum absolute atomic E-state index is 12.5. The van der Waals surface area contributed by atoms with Crippen LogP contribution in [0.5, 0.6) is 5.75 Å². The molecule has 5 nitrogen and oxygen atoms in total. The number of benzene rings is 2. The number of nitrogens with zero attached hydrogens (tertiary/aromatic N) is 1. The molecular formula is C21H20ClN3O2. The summed E-state index contributed by atoms with van der Waals surface area (Å²) in [5.41, 5.74) is 3.48. The van der Waals surface area contributed by atoms with Crippen LogP contribution in [0.25, 0.3) is 0 Å². The molecule has 138 valence electrons. The van der Waals surface area contributed by atoms with Crippen LogP contribution in [0.2, 0.25) is 5.02 Å². The number of amides is 1. The molecule has 0 atom stereocenters. The summed E-state index contributed by atoms with van der Waals surface area (Å²) in [5.74, 6) is 0.956. The van der Waals surface area contributed by atoms with E-state index in [9.17, 15) is 4.79 Å². The van der Waals surface area contributed by atoms with Crippen LogP contribution in [0.4, 0.5) is 11.5 Å². The van der Waals surface area contributed by atoms with E-state index in [-0.39, 0.29) is 5.91 Å². The molecule has 0 unspecified atom stereocenters. The van der Waals surface area contributed by atoms with Crippen molar-refractivity contribution in [3.8, 4) is 5.75 Å². The largest absolute Gasteiger partial charge is 0.495 e. The van der Waals surface area contributed by atoms with E-state index < -0.39 is 0 Å². The average Bonchev–Trinajstić information content (AvgIpc) is 2.68. The number of pyridine rings is 1. The van der Waals surface area contributed by atoms with Crippen molar-refractivity contribution >= 4 is 29.0 Å². The number of carbonyl (C=O) groups is 1. The van der Waals surface area contributed by atoms with Gasteiger partial charge in [0, 0.05) is 24.0 Å². The number of aryl methyl sites for hydroxylation is 1. The van der Waals surface area contributed by atoms with E-state index in [0.29, 0.717) is 34.4 Å². The third kappa shape index (κ3) is 4.77. The van der Waals surface area contributed by atoms with Gasteiger partial charge in [0.2, 0.25) is 0 Å². The van der Waals surface area contributed by atoms with Gasteiger partial charge in [-0.15, -0.1) is 0 Å². The van der Waals surface area contributed by atoms with Crippen molar-refractivity contribution < 1.29 is 9.53 Å². The molecule has 6 heteroatoms. The summed E-state index contributed by atoms with van der Waals surface area (Å²) in [6.07, 6.45) is 1.61. The van der Waals surface area contributed by atoms with Crippen LogP contribution >= 0.6 is 11.6 Å². The third-order valence-corrected chi connectivity index (χ3v) is 4.45. The monoisotopic (exact) mass is 381 g/mol. The summed E-state index contributed by atoms with van der Waals surface area (Å²) in [4.78, 5) is 16.8. The van der Waals surface area contributed by atoms with E-state index in [4.69, 9.17) is 16.3 Å². The molecule has 27 heavy (non-hydrogen) atoms. The molecule has 3 aromatic rings. The fraction of sp³-hybridized carbons (Fsp3) is 0.143. The first kappa shape index (κ1) is 18.7. The second kappa shape index (κ2) is 8.56. The number of hydrogen-bond acceptors (Lipinski definition) is 4. The lowest BCUT2D eigenvalue weighted by Crippen LogP contribution is -2.13. The highest BCUT2D eigenvalue weighted by Gasteiger charge is 2.09. The fourth-order valence-electron chi connectivity index (χ4n) is 2.61. The van der Waals surface area contributed by atoms with E-state index in [1.54, 1.807) is 43.6 Å². The quantitative estimate of drug-likeness (QED) is 0.636. The summed E-state index contributed by atoms with van der Waals surface area (Å²) >= 11 is 6.10. The fourth-order valence-corrected chi connectivity index (χ4v) is 2.87. The normalized spacial score (nSPS) is 10.3. The minimum absolute atomic E-state index is 0.238. The van der Waals surface area contributed by atoms with Gasteiger partial charge in [0.25, 0.3) is 5.91 Å². The lowest BCUT2D eigenvalue weighted by molar-refractivity contribution is 0.102. The smallest absolute Gasteiger partial charge is 0.255 e. The Morgan fingerprint density at radius 2 is 1.96 bits per heavy atom. The molecule has 0 aliphatic heterocycles. The molecule has 0 fully saturated rings. The van der Waals surface area contributed by atoms with Crippen molar-refractivity contribution in [1.82, 2.24) is 4.98 Å². The van der Waals surface area contributed by atoms with Crippen molar-refractivity contribution in [3.05, 3.63) is 82.5 Å². The zero-order valence-corrected chi connectivity index (χ0v) is 15.9. The van der Waals surface area contributed by atoms with Crippen LogP contribution in [0.3, 0.4) is 0 Å². The Hall–Kier alpha value is -3.05. The Morgan fingerprint density at radius 1 is 1.15 bits per heavy atom. The van der Waals surface area contributed by atoms with Crippen molar-refractivity contribution in [1.29, 1.82) is 0 Å². The van der Waals surface area contributed by atoms with E-state index in [0.717, 1.165) is 0 Å². The number of rotatable bonds is 6. The summed E-state index contributed by atoms with van der Waals surface area (Å²) in [6, 6.07) is 16.6. The summed E-state index contributed by atoms with van der Waals surface area (Å²) in [6.45, 7) is 2.70. The van der Waals surface area contributed by atoms with Gasteiger partial charge in [0.1, 0.15) is 11.6 Å². The second-order valence-corrected chi connectivity index (χ2v) is 6.42. The Morgan fingerprint density at radius 3 is 2.70 bits per heavy atom. The number of halogens is 1. The van der Waals surface area contributed by atoms with Gasteiger partial charge in [-0.1, -0.05) is 35.9 Å². The number of carbonyl (C=O) groups excluding carboxylic acids is 1. The number of hydrogen-bond donors (Lipinski definition) is 2. The van der Waals surface area contributed by atoms with E-state index in [1.807, 2.05) is 12.1 Å². The molecule has 0 saturated heterocycles. The van der Waals surface area contributed by atoms with Gasteiger partial charge < -0.3 is 15.4 Å². The lowest BCUT2D eigenvalue weighted by atomic mass is 10.1. The predicted octanol–water partition coefficient (Wildman–Crippen LogP) is 4.92. The molecule has 2 aromatic carbocycles. The summed E-state index contributed by atoms with van der Waals surface area (Å²) in [7, 11) is 1.54. The molecule has 3 rings (SSSR count). The highest BCUT2D eigenvalue weighted by Crippen LogP contribution is 2.27. The zero-order valence-electron chi connectivity index (χ0n) is 15.1. The van der Waals surface area contributed by atoms with Gasteiger partial charge >= 0.3 is 0 Å². The van der Waals surface area contributed by atoms with Gasteiger partial charge in [-0.25, -0.2) is 4.98 Å². The van der Waals surface area contributed by atoms with Gasteiger partial charge in [-0.2, -0.15) is 0 Å². The Kier molecular flexibility index (Phi) is 5.94. The van der Waals surface area contributed by atoms with Crippen LogP contribution in [0.15, 0.2) is 60.8 Å². The molecule has 0 aliphatic carbocycles. The number of anilines is 2. The van der Waals surface area contributed by atoms with Crippen LogP contribution in [-0.4, -0.2) is 18.0 Å². The number of aromatic nitrogens is 1. The molecule has 0 aliphatic rings. The minimum atomic E-state index is -0.238. The van der Waals surface area contributed by atoms with Gasteiger partial charge in [0.15, 0.2) is 0 Å². The van der Waals surface area contributed by atoms with E-state index in [2.05, 4.69) is 34.7 Å². The Bertz CT molecular complexity index is 960. The number of ether oxygens (including phenoxy) is 1. The summed E-state index contributed by atoms with van der Waals surface area (Å²) in [5, 5.41) is 6.52. The third-order valence-electron chi connectivity index (χ3n) is 4.15. The van der Waals surface area contributed by atoms with Crippen molar-refractivity contribution in [2.45, 2.75) is 13.5 Å². The number of nitrogens with one attached hydrogen (secondary N) is 2. The zero-order chi connectivity index (χ0) is 19.2. The molecule has 1 amide bonds. The Balaban J connectivity index is 1.68. The first-order valence-corrected chi connectivity index (χ1v) is 8.84. The van der Waals surface area contributed by atoms with Crippen LogP contribution < -0.4 is 15.4 Å². The maximum Gasteiger partial charge on any atom is 0.255 e. The molecule has 0 bridgehead atoms. The predicted molar refractivity (Wildman–Crippen MR) is 109 cm³/mol. The van der Waals surface area contributed by atoms with Crippen molar-refractivity contribution in [2.24, 2.45) is 0 Å². The molecule has 1 aromatic heterocycles. The SMILES string of the molecule is COc1ccc(NC(=O)c2ccnc(NCc3ccccc3C)c2)cc1Cl. The van der Waals surface area contributed by atoms with Crippen LogP contribution in [0.1, 0.15) is 21.5 Å². The molecule has 0 spiro atoms. The van der Waals surface area contributed by atoms with Crippen molar-refractivity contribution in [2.75, 3.05) is 17.7 Å². The minimum Gasteiger partial charge on any atom is -0.495 e. The first-order valence-electron chi connectivity index (χ1n) is 8.46. The molecule has 1 heterocycles. The second-order valence-electron chi connectivity index (χ2n) is 6.01. The highest BCUT2D eigenvalue weighted by molar-refractivity contribution is 6.32. The molecular weight excluding hydrogens is 362 g/mol. The van der Waals surface area contributed by atoms with Crippen LogP contribution in [-0.2, 0) is 6.54 Å². The van der Waals surface area contributed by atoms with E-state index in [1.165, 1.54) is 11.1 Å². The lowest BCUT2D eigenvalue weighted by Gasteiger charge is -2.10. The molecule has 0 radical (unpaired) electrons. The van der Waals surface area contributed by atoms with Gasteiger partial charge in [-0.3, -0.25) is 4.79 Å². The first-order chi connectivity index (χ1) is 13.1. The standard InChI is InChI=1S/C21H20ClN3O2/c1-14-5-3-4-6-16(14)13-24-20-11-15(9-10-23-20)21(26)25-17-7-8-19(27-2)18(22)12-17/h3-12H,13H2,1-2H3,(H,23,24)(H,25,26). The topological polar surface area (TPSA) is 63.2 Å².